The van der Waals surface area contributed by atoms with Crippen LogP contribution < -0.4 is 0 Å². The molecule has 3 aromatic rings. The van der Waals surface area contributed by atoms with Crippen molar-refractivity contribution >= 4 is 0 Å². The Hall–Kier alpha value is -2.47. The summed E-state index contributed by atoms with van der Waals surface area (Å²) < 4.78 is 5.81. The van der Waals surface area contributed by atoms with Gasteiger partial charge in [0.1, 0.15) is 0 Å². The average molecular weight is 309 g/mol. The molecular formula is C17H19N5O. The Labute approximate surface area is 134 Å². The molecule has 0 atom stereocenters. The summed E-state index contributed by atoms with van der Waals surface area (Å²) in [4.78, 5) is 2.33. The van der Waals surface area contributed by atoms with Gasteiger partial charge in [-0.05, 0) is 18.6 Å². The fourth-order valence-electron chi connectivity index (χ4n) is 3.04. The highest BCUT2D eigenvalue weighted by Crippen LogP contribution is 2.23. The highest BCUT2D eigenvalue weighted by atomic mass is 16.4. The van der Waals surface area contributed by atoms with Crippen LogP contribution in [0.25, 0.3) is 11.5 Å². The van der Waals surface area contributed by atoms with Crippen LogP contribution in [0.2, 0.25) is 0 Å². The van der Waals surface area contributed by atoms with Crippen molar-refractivity contribution in [1.29, 1.82) is 0 Å². The molecule has 0 saturated heterocycles. The second-order valence-electron chi connectivity index (χ2n) is 5.81. The first kappa shape index (κ1) is 14.1. The molecule has 6 heteroatoms. The molecule has 0 bridgehead atoms. The number of aromatic amines is 1. The van der Waals surface area contributed by atoms with Gasteiger partial charge in [-0.2, -0.15) is 5.10 Å². The summed E-state index contributed by atoms with van der Waals surface area (Å²) in [6, 6.07) is 9.86. The van der Waals surface area contributed by atoms with E-state index in [-0.39, 0.29) is 0 Å². The van der Waals surface area contributed by atoms with E-state index in [4.69, 9.17) is 4.42 Å². The molecular weight excluding hydrogens is 290 g/mol. The Kier molecular flexibility index (Phi) is 3.67. The van der Waals surface area contributed by atoms with Crippen molar-refractivity contribution in [3.63, 3.8) is 0 Å². The fourth-order valence-corrected chi connectivity index (χ4v) is 3.04. The van der Waals surface area contributed by atoms with Gasteiger partial charge in [0, 0.05) is 36.3 Å². The van der Waals surface area contributed by atoms with Gasteiger partial charge in [-0.1, -0.05) is 25.1 Å². The van der Waals surface area contributed by atoms with Crippen LogP contribution in [0.15, 0.2) is 34.7 Å². The Balaban J connectivity index is 1.48. The topological polar surface area (TPSA) is 70.8 Å². The molecule has 0 aliphatic carbocycles. The molecule has 1 N–H and O–H groups in total. The summed E-state index contributed by atoms with van der Waals surface area (Å²) in [5.41, 5.74) is 4.73. The third-order valence-corrected chi connectivity index (χ3v) is 4.28. The van der Waals surface area contributed by atoms with Crippen molar-refractivity contribution < 1.29 is 4.42 Å². The number of H-pyrrole nitrogens is 1. The standard InChI is InChI=1S/C17H19N5O/c1-2-14-13-10-22(9-8-15(13)19-18-14)11-16-20-21-17(23-16)12-6-4-3-5-7-12/h3-7H,2,8-11H2,1H3,(H,18,19). The van der Waals surface area contributed by atoms with Crippen LogP contribution in [0, 0.1) is 0 Å². The number of aromatic nitrogens is 4. The van der Waals surface area contributed by atoms with E-state index in [1.165, 1.54) is 17.0 Å². The molecule has 1 aromatic carbocycles. The smallest absolute Gasteiger partial charge is 0.247 e. The number of hydrogen-bond donors (Lipinski definition) is 1. The van der Waals surface area contributed by atoms with Crippen molar-refractivity contribution in [2.75, 3.05) is 6.54 Å². The normalized spacial score (nSPS) is 14.8. The van der Waals surface area contributed by atoms with E-state index in [0.29, 0.717) is 18.3 Å². The highest BCUT2D eigenvalue weighted by Gasteiger charge is 2.22. The predicted octanol–water partition coefficient (Wildman–Crippen LogP) is 2.58. The Morgan fingerprint density at radius 3 is 2.91 bits per heavy atom. The Morgan fingerprint density at radius 2 is 2.09 bits per heavy atom. The summed E-state index contributed by atoms with van der Waals surface area (Å²) in [6.07, 6.45) is 1.94. The first-order valence-corrected chi connectivity index (χ1v) is 7.98. The molecule has 3 heterocycles. The lowest BCUT2D eigenvalue weighted by Crippen LogP contribution is -2.30. The van der Waals surface area contributed by atoms with Crippen LogP contribution in [0.5, 0.6) is 0 Å². The second kappa shape index (κ2) is 5.96. The quantitative estimate of drug-likeness (QED) is 0.802. The Bertz CT molecular complexity index is 779. The molecule has 0 fully saturated rings. The van der Waals surface area contributed by atoms with E-state index >= 15 is 0 Å². The van der Waals surface area contributed by atoms with Gasteiger partial charge in [-0.25, -0.2) is 0 Å². The van der Waals surface area contributed by atoms with Gasteiger partial charge in [-0.15, -0.1) is 10.2 Å². The summed E-state index contributed by atoms with van der Waals surface area (Å²) in [5, 5.41) is 15.9. The zero-order chi connectivity index (χ0) is 15.6. The first-order chi connectivity index (χ1) is 11.3. The van der Waals surface area contributed by atoms with E-state index in [1.54, 1.807) is 0 Å². The molecule has 1 aliphatic heterocycles. The van der Waals surface area contributed by atoms with Crippen molar-refractivity contribution in [3.8, 4) is 11.5 Å². The average Bonchev–Trinajstić information content (AvgIpc) is 3.22. The van der Waals surface area contributed by atoms with Crippen molar-refractivity contribution in [3.05, 3.63) is 53.2 Å². The van der Waals surface area contributed by atoms with Crippen LogP contribution in [-0.2, 0) is 25.9 Å². The number of fused-ring (bicyclic) bond motifs is 1. The summed E-state index contributed by atoms with van der Waals surface area (Å²) >= 11 is 0. The molecule has 118 valence electrons. The number of aryl methyl sites for hydroxylation is 1. The van der Waals surface area contributed by atoms with E-state index < -0.39 is 0 Å². The van der Waals surface area contributed by atoms with Gasteiger partial charge in [-0.3, -0.25) is 10.00 Å². The molecule has 0 amide bonds. The van der Waals surface area contributed by atoms with Gasteiger partial charge < -0.3 is 4.42 Å². The van der Waals surface area contributed by atoms with E-state index in [2.05, 4.69) is 32.2 Å². The minimum absolute atomic E-state index is 0.579. The molecule has 0 saturated carbocycles. The number of rotatable bonds is 4. The third-order valence-electron chi connectivity index (χ3n) is 4.28. The van der Waals surface area contributed by atoms with Crippen LogP contribution in [0.4, 0.5) is 0 Å². The van der Waals surface area contributed by atoms with Crippen LogP contribution in [0.3, 0.4) is 0 Å². The van der Waals surface area contributed by atoms with E-state index in [9.17, 15) is 0 Å². The number of benzene rings is 1. The zero-order valence-corrected chi connectivity index (χ0v) is 13.1. The molecule has 2 aromatic heterocycles. The molecule has 6 nitrogen and oxygen atoms in total. The number of hydrogen-bond acceptors (Lipinski definition) is 5. The van der Waals surface area contributed by atoms with Crippen molar-refractivity contribution in [1.82, 2.24) is 25.3 Å². The predicted molar refractivity (Wildman–Crippen MR) is 85.5 cm³/mol. The van der Waals surface area contributed by atoms with Gasteiger partial charge in [0.25, 0.3) is 0 Å². The van der Waals surface area contributed by atoms with Crippen LogP contribution in [0.1, 0.15) is 29.8 Å². The lowest BCUT2D eigenvalue weighted by molar-refractivity contribution is 0.220. The monoisotopic (exact) mass is 309 g/mol. The maximum atomic E-state index is 5.81. The lowest BCUT2D eigenvalue weighted by atomic mass is 10.0. The van der Waals surface area contributed by atoms with Crippen molar-refractivity contribution in [2.24, 2.45) is 0 Å². The molecule has 23 heavy (non-hydrogen) atoms. The molecule has 0 unspecified atom stereocenters. The maximum absolute atomic E-state index is 5.81. The second-order valence-corrected chi connectivity index (χ2v) is 5.81. The molecule has 4 rings (SSSR count). The largest absolute Gasteiger partial charge is 0.419 e. The van der Waals surface area contributed by atoms with Crippen molar-refractivity contribution in [2.45, 2.75) is 32.9 Å². The number of nitrogens with one attached hydrogen (secondary N) is 1. The fraction of sp³-hybridized carbons (Fsp3) is 0.353. The van der Waals surface area contributed by atoms with Crippen LogP contribution >= 0.6 is 0 Å². The van der Waals surface area contributed by atoms with E-state index in [0.717, 1.165) is 31.5 Å². The summed E-state index contributed by atoms with van der Waals surface area (Å²) in [7, 11) is 0. The van der Waals surface area contributed by atoms with E-state index in [1.807, 2.05) is 30.3 Å². The molecule has 0 radical (unpaired) electrons. The minimum atomic E-state index is 0.579. The Morgan fingerprint density at radius 1 is 1.22 bits per heavy atom. The first-order valence-electron chi connectivity index (χ1n) is 7.98. The number of nitrogens with zero attached hydrogens (tertiary/aromatic N) is 4. The minimum Gasteiger partial charge on any atom is -0.419 e. The van der Waals surface area contributed by atoms with Gasteiger partial charge >= 0.3 is 0 Å². The SMILES string of the molecule is CCc1n[nH]c2c1CN(Cc1nnc(-c3ccccc3)o1)CC2. The van der Waals surface area contributed by atoms with Gasteiger partial charge in [0.15, 0.2) is 0 Å². The molecule has 0 spiro atoms. The van der Waals surface area contributed by atoms with Gasteiger partial charge in [0.05, 0.1) is 12.2 Å². The molecule has 1 aliphatic rings. The highest BCUT2D eigenvalue weighted by molar-refractivity contribution is 5.51. The zero-order valence-electron chi connectivity index (χ0n) is 13.1. The van der Waals surface area contributed by atoms with Gasteiger partial charge in [0.2, 0.25) is 11.8 Å². The summed E-state index contributed by atoms with van der Waals surface area (Å²) in [6.45, 7) is 4.67. The maximum Gasteiger partial charge on any atom is 0.247 e. The third kappa shape index (κ3) is 2.77. The lowest BCUT2D eigenvalue weighted by Gasteiger charge is -2.25. The van der Waals surface area contributed by atoms with Crippen LogP contribution in [-0.4, -0.2) is 31.8 Å². The summed E-state index contributed by atoms with van der Waals surface area (Å²) in [5.74, 6) is 1.24.